The lowest BCUT2D eigenvalue weighted by Crippen LogP contribution is -2.53. The molecule has 30 heavy (non-hydrogen) atoms. The fourth-order valence-corrected chi connectivity index (χ4v) is 4.31. The van der Waals surface area contributed by atoms with E-state index in [-0.39, 0.29) is 24.5 Å². The summed E-state index contributed by atoms with van der Waals surface area (Å²) in [5, 5.41) is 3.28. The van der Waals surface area contributed by atoms with E-state index in [0.29, 0.717) is 32.7 Å². The fourth-order valence-electron chi connectivity index (χ4n) is 4.31. The van der Waals surface area contributed by atoms with Crippen molar-refractivity contribution in [3.05, 3.63) is 35.9 Å². The topological polar surface area (TPSA) is 74.4 Å². The fraction of sp³-hybridized carbons (Fsp3) is 0.636. The number of hydrogen-bond donors (Lipinski definition) is 1. The monoisotopic (exact) mass is 418 g/mol. The third-order valence-electron chi connectivity index (χ3n) is 5.91. The zero-order valence-electron chi connectivity index (χ0n) is 18.1. The van der Waals surface area contributed by atoms with E-state index in [0.717, 1.165) is 26.2 Å². The van der Waals surface area contributed by atoms with E-state index in [1.54, 1.807) is 12.0 Å². The third-order valence-corrected chi connectivity index (χ3v) is 5.91. The van der Waals surface area contributed by atoms with Crippen molar-refractivity contribution in [1.82, 2.24) is 20.0 Å². The van der Waals surface area contributed by atoms with Crippen molar-refractivity contribution in [3.8, 4) is 0 Å². The molecule has 1 aromatic carbocycles. The molecule has 1 N–H and O–H groups in total. The minimum absolute atomic E-state index is 0.00515. The summed E-state index contributed by atoms with van der Waals surface area (Å²) in [6, 6.07) is 9.94. The van der Waals surface area contributed by atoms with Gasteiger partial charge in [0, 0.05) is 66.1 Å². The maximum Gasteiger partial charge on any atom is 0.249 e. The second-order valence-electron chi connectivity index (χ2n) is 7.91. The lowest BCUT2D eigenvalue weighted by atomic mass is 10.1. The molecule has 8 nitrogen and oxygen atoms in total. The Labute approximate surface area is 179 Å². The molecule has 0 bridgehead atoms. The maximum absolute atomic E-state index is 13.3. The Bertz CT molecular complexity index is 681. The molecule has 0 aliphatic carbocycles. The van der Waals surface area contributed by atoms with Gasteiger partial charge in [-0.05, 0) is 12.0 Å². The molecule has 0 radical (unpaired) electrons. The summed E-state index contributed by atoms with van der Waals surface area (Å²) in [4.78, 5) is 32.0. The van der Waals surface area contributed by atoms with Crippen LogP contribution in [0.1, 0.15) is 12.0 Å². The van der Waals surface area contributed by atoms with E-state index in [1.165, 1.54) is 12.7 Å². The van der Waals surface area contributed by atoms with Crippen LogP contribution < -0.4 is 5.32 Å². The Morgan fingerprint density at radius 1 is 1.13 bits per heavy atom. The molecule has 3 rings (SSSR count). The number of methoxy groups -OCH3 is 2. The largest absolute Gasteiger partial charge is 0.383 e. The normalized spacial score (nSPS) is 22.0. The number of rotatable bonds is 9. The SMILES string of the molecule is COCCN(Cc1ccccc1)C1CC(C(=O)N2CCNCC2)N(C(=O)COC)C1. The molecular formula is C22H34N4O4. The van der Waals surface area contributed by atoms with Crippen LogP contribution in [0.25, 0.3) is 0 Å². The van der Waals surface area contributed by atoms with Gasteiger partial charge in [-0.1, -0.05) is 30.3 Å². The molecule has 2 fully saturated rings. The van der Waals surface area contributed by atoms with Gasteiger partial charge in [0.15, 0.2) is 0 Å². The summed E-state index contributed by atoms with van der Waals surface area (Å²) in [7, 11) is 3.21. The molecule has 1 aromatic rings. The van der Waals surface area contributed by atoms with Gasteiger partial charge in [-0.15, -0.1) is 0 Å². The van der Waals surface area contributed by atoms with Crippen LogP contribution in [0.3, 0.4) is 0 Å². The molecule has 2 heterocycles. The Morgan fingerprint density at radius 2 is 1.87 bits per heavy atom. The number of benzene rings is 1. The summed E-state index contributed by atoms with van der Waals surface area (Å²) in [6.45, 7) is 5.59. The van der Waals surface area contributed by atoms with Crippen LogP contribution in [0.5, 0.6) is 0 Å². The molecular weight excluding hydrogens is 384 g/mol. The molecule has 0 spiro atoms. The molecule has 0 saturated carbocycles. The van der Waals surface area contributed by atoms with Crippen LogP contribution in [-0.2, 0) is 25.6 Å². The van der Waals surface area contributed by atoms with E-state index >= 15 is 0 Å². The first kappa shape index (κ1) is 22.7. The Hall–Kier alpha value is -2.00. The summed E-state index contributed by atoms with van der Waals surface area (Å²) >= 11 is 0. The highest BCUT2D eigenvalue weighted by atomic mass is 16.5. The van der Waals surface area contributed by atoms with Gasteiger partial charge in [0.25, 0.3) is 0 Å². The van der Waals surface area contributed by atoms with Gasteiger partial charge in [0.1, 0.15) is 12.6 Å². The van der Waals surface area contributed by atoms with Crippen LogP contribution in [0.4, 0.5) is 0 Å². The van der Waals surface area contributed by atoms with Crippen molar-refractivity contribution in [2.75, 3.05) is 66.7 Å². The van der Waals surface area contributed by atoms with Crippen molar-refractivity contribution in [2.24, 2.45) is 0 Å². The van der Waals surface area contributed by atoms with Crippen LogP contribution in [0.2, 0.25) is 0 Å². The molecule has 2 saturated heterocycles. The second-order valence-corrected chi connectivity index (χ2v) is 7.91. The van der Waals surface area contributed by atoms with E-state index in [4.69, 9.17) is 9.47 Å². The van der Waals surface area contributed by atoms with Crippen molar-refractivity contribution < 1.29 is 19.1 Å². The molecule has 2 aliphatic heterocycles. The lowest BCUT2D eigenvalue weighted by molar-refractivity contribution is -0.146. The lowest BCUT2D eigenvalue weighted by Gasteiger charge is -2.32. The standard InChI is InChI=1S/C22H34N4O4/c1-29-13-12-25(15-18-6-4-3-5-7-18)19-14-20(26(16-19)21(27)17-30-2)22(28)24-10-8-23-9-11-24/h3-7,19-20,23H,8-17H2,1-2H3. The molecule has 2 amide bonds. The Morgan fingerprint density at radius 3 is 2.53 bits per heavy atom. The van der Waals surface area contributed by atoms with Crippen LogP contribution in [0.15, 0.2) is 30.3 Å². The number of ether oxygens (including phenoxy) is 2. The van der Waals surface area contributed by atoms with Gasteiger partial charge in [-0.25, -0.2) is 0 Å². The number of nitrogens with zero attached hydrogens (tertiary/aromatic N) is 3. The summed E-state index contributed by atoms with van der Waals surface area (Å²) in [6.07, 6.45) is 0.634. The number of amides is 2. The first-order valence-electron chi connectivity index (χ1n) is 10.7. The van der Waals surface area contributed by atoms with Crippen LogP contribution in [-0.4, -0.2) is 105 Å². The maximum atomic E-state index is 13.3. The van der Waals surface area contributed by atoms with Gasteiger partial charge in [0.2, 0.25) is 11.8 Å². The highest BCUT2D eigenvalue weighted by Gasteiger charge is 2.43. The summed E-state index contributed by atoms with van der Waals surface area (Å²) in [5.41, 5.74) is 1.21. The van der Waals surface area contributed by atoms with Gasteiger partial charge >= 0.3 is 0 Å². The van der Waals surface area contributed by atoms with Crippen molar-refractivity contribution in [3.63, 3.8) is 0 Å². The number of nitrogens with one attached hydrogen (secondary N) is 1. The third kappa shape index (κ3) is 5.78. The molecule has 8 heteroatoms. The molecule has 166 valence electrons. The van der Waals surface area contributed by atoms with Crippen molar-refractivity contribution in [2.45, 2.75) is 25.0 Å². The summed E-state index contributed by atoms with van der Waals surface area (Å²) < 4.78 is 10.4. The smallest absolute Gasteiger partial charge is 0.249 e. The first-order valence-corrected chi connectivity index (χ1v) is 10.7. The van der Waals surface area contributed by atoms with E-state index in [1.807, 2.05) is 23.1 Å². The highest BCUT2D eigenvalue weighted by Crippen LogP contribution is 2.26. The quantitative estimate of drug-likeness (QED) is 0.617. The van der Waals surface area contributed by atoms with Gasteiger partial charge in [0.05, 0.1) is 6.61 Å². The van der Waals surface area contributed by atoms with Crippen LogP contribution >= 0.6 is 0 Å². The number of likely N-dealkylation sites (tertiary alicyclic amines) is 1. The minimum atomic E-state index is -0.434. The van der Waals surface area contributed by atoms with E-state index < -0.39 is 6.04 Å². The predicted octanol–water partition coefficient (Wildman–Crippen LogP) is 0.183. The van der Waals surface area contributed by atoms with Crippen LogP contribution in [0, 0.1) is 0 Å². The second kappa shape index (κ2) is 11.4. The average Bonchev–Trinajstić information content (AvgIpc) is 3.23. The zero-order valence-corrected chi connectivity index (χ0v) is 18.1. The first-order chi connectivity index (χ1) is 14.6. The Kier molecular flexibility index (Phi) is 8.62. The van der Waals surface area contributed by atoms with E-state index in [9.17, 15) is 9.59 Å². The number of carbonyl (C=O) groups excluding carboxylic acids is 2. The van der Waals surface area contributed by atoms with E-state index in [2.05, 4.69) is 22.3 Å². The van der Waals surface area contributed by atoms with Crippen molar-refractivity contribution >= 4 is 11.8 Å². The molecule has 2 atom stereocenters. The number of carbonyl (C=O) groups is 2. The molecule has 2 aliphatic rings. The van der Waals surface area contributed by atoms with Crippen molar-refractivity contribution in [1.29, 1.82) is 0 Å². The summed E-state index contributed by atoms with van der Waals surface area (Å²) in [5.74, 6) is -0.0743. The number of piperazine rings is 1. The van der Waals surface area contributed by atoms with Gasteiger partial charge in [-0.2, -0.15) is 0 Å². The molecule has 2 unspecified atom stereocenters. The zero-order chi connectivity index (χ0) is 21.3. The minimum Gasteiger partial charge on any atom is -0.383 e. The van der Waals surface area contributed by atoms with Gasteiger partial charge < -0.3 is 24.6 Å². The highest BCUT2D eigenvalue weighted by molar-refractivity contribution is 5.89. The van der Waals surface area contributed by atoms with Gasteiger partial charge in [-0.3, -0.25) is 14.5 Å². The Balaban J connectivity index is 1.76. The average molecular weight is 419 g/mol. The predicted molar refractivity (Wildman–Crippen MR) is 114 cm³/mol. The molecule has 0 aromatic heterocycles. The number of hydrogen-bond acceptors (Lipinski definition) is 6.